The van der Waals surface area contributed by atoms with Crippen molar-refractivity contribution in [2.45, 2.75) is 0 Å². The zero-order chi connectivity index (χ0) is 18.5. The molecule has 3 rings (SSSR count). The molecule has 0 aliphatic rings. The highest BCUT2D eigenvalue weighted by Crippen LogP contribution is 2.31. The second kappa shape index (κ2) is 7.90. The predicted molar refractivity (Wildman–Crippen MR) is 94.6 cm³/mol. The maximum Gasteiger partial charge on any atom is 0.204 e. The Kier molecular flexibility index (Phi) is 5.40. The van der Waals surface area contributed by atoms with E-state index >= 15 is 0 Å². The number of hydrogen-bond donors (Lipinski definition) is 1. The molecule has 0 atom stereocenters. The van der Waals surface area contributed by atoms with Crippen LogP contribution in [-0.4, -0.2) is 32.9 Å². The lowest BCUT2D eigenvalue weighted by Crippen LogP contribution is -2.09. The SMILES string of the molecule is COCOc1cc(OCOC)c2c(=O)c(-c3ccc(O)cc3)coc2c1. The molecule has 3 aromatic rings. The van der Waals surface area contributed by atoms with Crippen LogP contribution in [-0.2, 0) is 9.47 Å². The molecule has 0 bridgehead atoms. The molecule has 1 heterocycles. The third-order valence-corrected chi connectivity index (χ3v) is 3.67. The molecule has 7 heteroatoms. The summed E-state index contributed by atoms with van der Waals surface area (Å²) >= 11 is 0. The van der Waals surface area contributed by atoms with Crippen LogP contribution in [0.3, 0.4) is 0 Å². The molecule has 26 heavy (non-hydrogen) atoms. The van der Waals surface area contributed by atoms with Crippen LogP contribution >= 0.6 is 0 Å². The molecule has 0 unspecified atom stereocenters. The lowest BCUT2D eigenvalue weighted by Gasteiger charge is -2.12. The van der Waals surface area contributed by atoms with Crippen molar-refractivity contribution in [2.75, 3.05) is 27.8 Å². The van der Waals surface area contributed by atoms with Gasteiger partial charge < -0.3 is 28.5 Å². The first kappa shape index (κ1) is 17.8. The zero-order valence-corrected chi connectivity index (χ0v) is 14.4. The summed E-state index contributed by atoms with van der Waals surface area (Å²) in [5, 5.41) is 9.70. The number of benzene rings is 2. The van der Waals surface area contributed by atoms with Crippen molar-refractivity contribution in [3.8, 4) is 28.4 Å². The molecular formula is C19H18O7. The van der Waals surface area contributed by atoms with Crippen LogP contribution < -0.4 is 14.9 Å². The number of methoxy groups -OCH3 is 2. The molecule has 136 valence electrons. The van der Waals surface area contributed by atoms with E-state index in [9.17, 15) is 9.90 Å². The average molecular weight is 358 g/mol. The molecule has 7 nitrogen and oxygen atoms in total. The van der Waals surface area contributed by atoms with Gasteiger partial charge in [0.25, 0.3) is 0 Å². The smallest absolute Gasteiger partial charge is 0.204 e. The fraction of sp³-hybridized carbons (Fsp3) is 0.211. The van der Waals surface area contributed by atoms with Gasteiger partial charge in [-0.1, -0.05) is 12.1 Å². The molecule has 0 saturated carbocycles. The Morgan fingerprint density at radius 2 is 1.69 bits per heavy atom. The fourth-order valence-corrected chi connectivity index (χ4v) is 2.48. The molecule has 1 aromatic heterocycles. The molecule has 0 radical (unpaired) electrons. The van der Waals surface area contributed by atoms with E-state index in [0.717, 1.165) is 0 Å². The van der Waals surface area contributed by atoms with Crippen molar-refractivity contribution in [1.82, 2.24) is 0 Å². The second-order valence-electron chi connectivity index (χ2n) is 5.42. The van der Waals surface area contributed by atoms with Gasteiger partial charge in [0.05, 0.1) is 5.56 Å². The zero-order valence-electron chi connectivity index (χ0n) is 14.4. The Morgan fingerprint density at radius 1 is 1.00 bits per heavy atom. The van der Waals surface area contributed by atoms with Crippen molar-refractivity contribution in [3.05, 3.63) is 52.9 Å². The second-order valence-corrected chi connectivity index (χ2v) is 5.42. The highest BCUT2D eigenvalue weighted by atomic mass is 16.7. The monoisotopic (exact) mass is 358 g/mol. The molecule has 0 aliphatic carbocycles. The van der Waals surface area contributed by atoms with E-state index in [1.54, 1.807) is 24.3 Å². The van der Waals surface area contributed by atoms with Crippen molar-refractivity contribution in [3.63, 3.8) is 0 Å². The van der Waals surface area contributed by atoms with Gasteiger partial charge in [0.15, 0.2) is 13.6 Å². The normalized spacial score (nSPS) is 10.8. The minimum absolute atomic E-state index is 0.0360. The highest BCUT2D eigenvalue weighted by molar-refractivity contribution is 5.88. The van der Waals surface area contributed by atoms with Crippen molar-refractivity contribution in [2.24, 2.45) is 0 Å². The highest BCUT2D eigenvalue weighted by Gasteiger charge is 2.16. The molecular weight excluding hydrogens is 340 g/mol. The number of ether oxygens (including phenoxy) is 4. The number of aromatic hydroxyl groups is 1. The van der Waals surface area contributed by atoms with Gasteiger partial charge in [0.1, 0.15) is 34.5 Å². The van der Waals surface area contributed by atoms with E-state index in [0.29, 0.717) is 22.5 Å². The predicted octanol–water partition coefficient (Wildman–Crippen LogP) is 3.13. The summed E-state index contributed by atoms with van der Waals surface area (Å²) < 4.78 is 26.4. The van der Waals surface area contributed by atoms with Crippen LogP contribution in [0, 0.1) is 0 Å². The molecule has 0 fully saturated rings. The molecule has 2 aromatic carbocycles. The van der Waals surface area contributed by atoms with Gasteiger partial charge in [-0.15, -0.1) is 0 Å². The number of phenols is 1. The van der Waals surface area contributed by atoms with Crippen molar-refractivity contribution < 1.29 is 28.5 Å². The Hall–Kier alpha value is -3.03. The van der Waals surface area contributed by atoms with E-state index in [4.69, 9.17) is 23.4 Å². The number of phenolic OH excluding ortho intramolecular Hbond substituents is 1. The molecule has 1 N–H and O–H groups in total. The van der Waals surface area contributed by atoms with Gasteiger partial charge >= 0.3 is 0 Å². The minimum Gasteiger partial charge on any atom is -0.508 e. The number of rotatable bonds is 7. The van der Waals surface area contributed by atoms with Crippen LogP contribution in [0.15, 0.2) is 51.9 Å². The van der Waals surface area contributed by atoms with Crippen molar-refractivity contribution >= 4 is 11.0 Å². The summed E-state index contributed by atoms with van der Waals surface area (Å²) in [5.41, 5.74) is 1.03. The van der Waals surface area contributed by atoms with E-state index in [2.05, 4.69) is 0 Å². The van der Waals surface area contributed by atoms with Crippen LogP contribution in [0.1, 0.15) is 0 Å². The van der Waals surface area contributed by atoms with E-state index < -0.39 is 0 Å². The van der Waals surface area contributed by atoms with Crippen LogP contribution in [0.2, 0.25) is 0 Å². The van der Waals surface area contributed by atoms with Gasteiger partial charge in [-0.2, -0.15) is 0 Å². The maximum absolute atomic E-state index is 13.0. The van der Waals surface area contributed by atoms with E-state index in [1.807, 2.05) is 0 Å². The summed E-state index contributed by atoms with van der Waals surface area (Å²) in [4.78, 5) is 13.0. The third-order valence-electron chi connectivity index (χ3n) is 3.67. The first-order valence-corrected chi connectivity index (χ1v) is 7.76. The molecule has 0 amide bonds. The van der Waals surface area contributed by atoms with E-state index in [-0.39, 0.29) is 35.9 Å². The van der Waals surface area contributed by atoms with Gasteiger partial charge in [0, 0.05) is 26.4 Å². The minimum atomic E-state index is -0.263. The lowest BCUT2D eigenvalue weighted by atomic mass is 10.0. The summed E-state index contributed by atoms with van der Waals surface area (Å²) in [6, 6.07) is 9.46. The van der Waals surface area contributed by atoms with Gasteiger partial charge in [-0.05, 0) is 17.7 Å². The van der Waals surface area contributed by atoms with Crippen molar-refractivity contribution in [1.29, 1.82) is 0 Å². The Balaban J connectivity index is 2.15. The lowest BCUT2D eigenvalue weighted by molar-refractivity contribution is 0.0467. The molecule has 0 spiro atoms. The maximum atomic E-state index is 13.0. The Labute approximate surface area is 149 Å². The standard InChI is InChI=1S/C19H18O7/c1-22-10-25-14-7-16-18(17(8-14)26-11-23-2)19(21)15(9-24-16)12-3-5-13(20)6-4-12/h3-9,20H,10-11H2,1-2H3. The molecule has 0 aliphatic heterocycles. The summed E-state index contributed by atoms with van der Waals surface area (Å²) in [7, 11) is 2.99. The summed E-state index contributed by atoms with van der Waals surface area (Å²) in [6.07, 6.45) is 1.37. The van der Waals surface area contributed by atoms with Gasteiger partial charge in [-0.25, -0.2) is 0 Å². The van der Waals surface area contributed by atoms with Crippen LogP contribution in [0.4, 0.5) is 0 Å². The van der Waals surface area contributed by atoms with Crippen LogP contribution in [0.25, 0.3) is 22.1 Å². The summed E-state index contributed by atoms with van der Waals surface area (Å²) in [5.74, 6) is 0.832. The van der Waals surface area contributed by atoms with Crippen LogP contribution in [0.5, 0.6) is 17.2 Å². The molecule has 0 saturated heterocycles. The van der Waals surface area contributed by atoms with Gasteiger partial charge in [-0.3, -0.25) is 4.79 Å². The Morgan fingerprint density at radius 3 is 2.38 bits per heavy atom. The average Bonchev–Trinajstić information content (AvgIpc) is 2.65. The number of hydrogen-bond acceptors (Lipinski definition) is 7. The quantitative estimate of drug-likeness (QED) is 0.649. The third kappa shape index (κ3) is 3.63. The summed E-state index contributed by atoms with van der Waals surface area (Å²) in [6.45, 7) is 0.0107. The first-order valence-electron chi connectivity index (χ1n) is 7.76. The largest absolute Gasteiger partial charge is 0.508 e. The Bertz CT molecular complexity index is 944. The van der Waals surface area contributed by atoms with Gasteiger partial charge in [0.2, 0.25) is 5.43 Å². The number of fused-ring (bicyclic) bond motifs is 1. The van der Waals surface area contributed by atoms with E-state index in [1.165, 1.54) is 32.6 Å². The topological polar surface area (TPSA) is 87.4 Å². The fourth-order valence-electron chi connectivity index (χ4n) is 2.48. The first-order chi connectivity index (χ1) is 12.6.